The highest BCUT2D eigenvalue weighted by atomic mass is 32.1. The van der Waals surface area contributed by atoms with Crippen molar-refractivity contribution < 1.29 is 9.53 Å². The molecule has 0 fully saturated rings. The number of hydrogen-bond donors (Lipinski definition) is 1. The molecule has 6 nitrogen and oxygen atoms in total. The molecule has 0 atom stereocenters. The summed E-state index contributed by atoms with van der Waals surface area (Å²) in [6.45, 7) is 3.35. The summed E-state index contributed by atoms with van der Waals surface area (Å²) < 4.78 is 6.39. The molecule has 1 aliphatic rings. The molecule has 0 saturated heterocycles. The number of nitrogens with one attached hydrogen (secondary N) is 1. The summed E-state index contributed by atoms with van der Waals surface area (Å²) in [5.41, 5.74) is 5.85. The summed E-state index contributed by atoms with van der Waals surface area (Å²) in [5, 5.41) is 9.65. The van der Waals surface area contributed by atoms with E-state index in [2.05, 4.69) is 16.3 Å². The molecular formula is C24H21N3O3S. The van der Waals surface area contributed by atoms with Crippen molar-refractivity contribution in [1.82, 2.24) is 15.1 Å². The molecule has 0 bridgehead atoms. The normalized spacial score (nSPS) is 13.3. The lowest BCUT2D eigenvalue weighted by atomic mass is 9.96. The standard InChI is InChI=1S/C24H21N3O3S/c1-15-14-31-22-20(15)23(28)26-25-21(22)18-7-8-19-12-27(10-9-17(19)11-18)24(29)30-13-16-5-3-2-4-6-16/h2-8,11,14H,9-10,12-13H2,1H3,(H,26,28). The van der Waals surface area contributed by atoms with E-state index in [0.717, 1.165) is 39.1 Å². The van der Waals surface area contributed by atoms with Crippen LogP contribution in [-0.2, 0) is 24.3 Å². The van der Waals surface area contributed by atoms with Gasteiger partial charge in [-0.25, -0.2) is 9.89 Å². The van der Waals surface area contributed by atoms with E-state index >= 15 is 0 Å². The van der Waals surface area contributed by atoms with Gasteiger partial charge in [0.15, 0.2) is 0 Å². The number of ether oxygens (including phenoxy) is 1. The van der Waals surface area contributed by atoms with Crippen molar-refractivity contribution in [1.29, 1.82) is 0 Å². The highest BCUT2D eigenvalue weighted by molar-refractivity contribution is 7.18. The SMILES string of the molecule is Cc1csc2c(-c3ccc4c(c3)CCN(C(=O)OCc3ccccc3)C4)n[nH]c(=O)c12. The van der Waals surface area contributed by atoms with Crippen LogP contribution in [0.5, 0.6) is 0 Å². The minimum absolute atomic E-state index is 0.153. The van der Waals surface area contributed by atoms with E-state index in [1.807, 2.05) is 54.8 Å². The molecule has 3 heterocycles. The zero-order valence-electron chi connectivity index (χ0n) is 17.1. The van der Waals surface area contributed by atoms with Gasteiger partial charge in [-0.05, 0) is 47.0 Å². The lowest BCUT2D eigenvalue weighted by Gasteiger charge is -2.28. The van der Waals surface area contributed by atoms with Crippen LogP contribution in [0.15, 0.2) is 58.7 Å². The lowest BCUT2D eigenvalue weighted by molar-refractivity contribution is 0.0919. The smallest absolute Gasteiger partial charge is 0.410 e. The van der Waals surface area contributed by atoms with Crippen LogP contribution in [0, 0.1) is 6.92 Å². The van der Waals surface area contributed by atoms with E-state index in [1.165, 1.54) is 5.56 Å². The van der Waals surface area contributed by atoms with E-state index in [4.69, 9.17) is 4.74 Å². The van der Waals surface area contributed by atoms with Crippen LogP contribution in [0.25, 0.3) is 21.3 Å². The van der Waals surface area contributed by atoms with E-state index in [1.54, 1.807) is 16.2 Å². The van der Waals surface area contributed by atoms with Crippen LogP contribution in [0.1, 0.15) is 22.3 Å². The van der Waals surface area contributed by atoms with Gasteiger partial charge in [0.25, 0.3) is 5.56 Å². The maximum atomic E-state index is 12.5. The zero-order valence-corrected chi connectivity index (χ0v) is 17.9. The molecule has 4 aromatic rings. The first-order chi connectivity index (χ1) is 15.1. The van der Waals surface area contributed by atoms with Gasteiger partial charge >= 0.3 is 6.09 Å². The Kier molecular flexibility index (Phi) is 5.03. The van der Waals surface area contributed by atoms with Crippen LogP contribution in [0.3, 0.4) is 0 Å². The molecule has 7 heteroatoms. The first kappa shape index (κ1) is 19.5. The number of H-pyrrole nitrogens is 1. The van der Waals surface area contributed by atoms with E-state index in [0.29, 0.717) is 18.5 Å². The maximum Gasteiger partial charge on any atom is 0.410 e. The summed E-state index contributed by atoms with van der Waals surface area (Å²) in [6.07, 6.45) is 0.455. The minimum atomic E-state index is -0.295. The molecule has 2 aromatic carbocycles. The third-order valence-corrected chi connectivity index (χ3v) is 6.75. The average Bonchev–Trinajstić information content (AvgIpc) is 3.20. The molecule has 2 aromatic heterocycles. The summed E-state index contributed by atoms with van der Waals surface area (Å²) in [6, 6.07) is 15.9. The molecule has 31 heavy (non-hydrogen) atoms. The van der Waals surface area contributed by atoms with E-state index in [-0.39, 0.29) is 18.3 Å². The molecule has 0 unspecified atom stereocenters. The van der Waals surface area contributed by atoms with Gasteiger partial charge in [-0.1, -0.05) is 42.5 Å². The zero-order chi connectivity index (χ0) is 21.4. The number of nitrogens with zero attached hydrogens (tertiary/aromatic N) is 2. The number of aromatic amines is 1. The second-order valence-corrected chi connectivity index (χ2v) is 8.60. The average molecular weight is 432 g/mol. The Balaban J connectivity index is 1.35. The Bertz CT molecular complexity index is 1330. The highest BCUT2D eigenvalue weighted by Crippen LogP contribution is 2.33. The second-order valence-electron chi connectivity index (χ2n) is 7.72. The largest absolute Gasteiger partial charge is 0.445 e. The van der Waals surface area contributed by atoms with Crippen molar-refractivity contribution in [3.63, 3.8) is 0 Å². The number of hydrogen-bond acceptors (Lipinski definition) is 5. The number of benzene rings is 2. The summed E-state index contributed by atoms with van der Waals surface area (Å²) >= 11 is 1.54. The van der Waals surface area contributed by atoms with Gasteiger partial charge < -0.3 is 9.64 Å². The van der Waals surface area contributed by atoms with Gasteiger partial charge in [-0.15, -0.1) is 11.3 Å². The third kappa shape index (κ3) is 3.72. The molecular weight excluding hydrogens is 410 g/mol. The predicted octanol–water partition coefficient (Wildman–Crippen LogP) is 4.65. The number of amides is 1. The molecule has 1 N–H and O–H groups in total. The van der Waals surface area contributed by atoms with Gasteiger partial charge in [0.1, 0.15) is 12.3 Å². The fourth-order valence-electron chi connectivity index (χ4n) is 3.98. The van der Waals surface area contributed by atoms with Crippen LogP contribution >= 0.6 is 11.3 Å². The Morgan fingerprint density at radius 3 is 2.87 bits per heavy atom. The molecule has 0 spiro atoms. The van der Waals surface area contributed by atoms with E-state index in [9.17, 15) is 9.59 Å². The monoisotopic (exact) mass is 431 g/mol. The lowest BCUT2D eigenvalue weighted by Crippen LogP contribution is -2.36. The number of aromatic nitrogens is 2. The van der Waals surface area contributed by atoms with Gasteiger partial charge in [0, 0.05) is 18.7 Å². The minimum Gasteiger partial charge on any atom is -0.445 e. The Morgan fingerprint density at radius 2 is 2.03 bits per heavy atom. The quantitative estimate of drug-likeness (QED) is 0.512. The number of carbonyl (C=O) groups is 1. The van der Waals surface area contributed by atoms with Crippen LogP contribution < -0.4 is 5.56 Å². The number of aryl methyl sites for hydroxylation is 1. The highest BCUT2D eigenvalue weighted by Gasteiger charge is 2.23. The maximum absolute atomic E-state index is 12.5. The van der Waals surface area contributed by atoms with Crippen LogP contribution in [-0.4, -0.2) is 27.7 Å². The first-order valence-electron chi connectivity index (χ1n) is 10.1. The number of fused-ring (bicyclic) bond motifs is 2. The summed E-state index contributed by atoms with van der Waals surface area (Å²) in [5.74, 6) is 0. The summed E-state index contributed by atoms with van der Waals surface area (Å²) in [7, 11) is 0. The van der Waals surface area contributed by atoms with Crippen molar-refractivity contribution in [2.45, 2.75) is 26.5 Å². The van der Waals surface area contributed by atoms with E-state index < -0.39 is 0 Å². The summed E-state index contributed by atoms with van der Waals surface area (Å²) in [4.78, 5) is 26.4. The molecule has 0 aliphatic carbocycles. The van der Waals surface area contributed by atoms with Crippen molar-refractivity contribution in [2.24, 2.45) is 0 Å². The predicted molar refractivity (Wildman–Crippen MR) is 121 cm³/mol. The van der Waals surface area contributed by atoms with Crippen molar-refractivity contribution in [3.8, 4) is 11.3 Å². The Hall–Kier alpha value is -3.45. The topological polar surface area (TPSA) is 75.3 Å². The molecule has 0 radical (unpaired) electrons. The number of rotatable bonds is 3. The van der Waals surface area contributed by atoms with Crippen LogP contribution in [0.4, 0.5) is 4.79 Å². The number of carbonyl (C=O) groups excluding carboxylic acids is 1. The molecule has 1 amide bonds. The van der Waals surface area contributed by atoms with Gasteiger partial charge in [0.2, 0.25) is 0 Å². The third-order valence-electron chi connectivity index (χ3n) is 5.64. The second kappa shape index (κ2) is 8.00. The first-order valence-corrected chi connectivity index (χ1v) is 11.0. The van der Waals surface area contributed by atoms with Gasteiger partial charge in [0.05, 0.1) is 10.1 Å². The molecule has 156 valence electrons. The fourth-order valence-corrected chi connectivity index (χ4v) is 5.04. The Morgan fingerprint density at radius 1 is 1.19 bits per heavy atom. The molecule has 1 aliphatic heterocycles. The van der Waals surface area contributed by atoms with Crippen molar-refractivity contribution in [2.75, 3.05) is 6.54 Å². The molecule has 5 rings (SSSR count). The molecule has 0 saturated carbocycles. The van der Waals surface area contributed by atoms with Gasteiger partial charge in [-0.3, -0.25) is 4.79 Å². The van der Waals surface area contributed by atoms with Crippen molar-refractivity contribution >= 4 is 27.5 Å². The fraction of sp³-hybridized carbons (Fsp3) is 0.208. The van der Waals surface area contributed by atoms with Crippen LogP contribution in [0.2, 0.25) is 0 Å². The number of thiophene rings is 1. The van der Waals surface area contributed by atoms with Crippen molar-refractivity contribution in [3.05, 3.63) is 86.5 Å². The van der Waals surface area contributed by atoms with Gasteiger partial charge in [-0.2, -0.15) is 5.10 Å². The Labute approximate surface area is 183 Å².